The maximum Gasteiger partial charge on any atom is 0.268 e. The number of benzene rings is 4. The third-order valence-electron chi connectivity index (χ3n) is 9.91. The number of unbranched alkanes of at least 4 members (excludes halogenated alkanes) is 1. The average molecular weight is 797 g/mol. The Morgan fingerprint density at radius 2 is 1.41 bits per heavy atom. The Morgan fingerprint density at radius 3 is 2.00 bits per heavy atom. The molecular weight excluding hydrogens is 762 g/mol. The minimum absolute atomic E-state index is 0.0972. The number of halogens is 2. The molecule has 2 N–H and O–H groups in total. The van der Waals surface area contributed by atoms with Crippen LogP contribution < -0.4 is 5.73 Å². The van der Waals surface area contributed by atoms with Gasteiger partial charge < -0.3 is 14.7 Å². The second-order valence-electron chi connectivity index (χ2n) is 13.0. The van der Waals surface area contributed by atoms with Gasteiger partial charge in [0.05, 0.1) is 19.1 Å². The molecule has 6 aromatic rings. The summed E-state index contributed by atoms with van der Waals surface area (Å²) in [6, 6.07) is 40.7. The minimum Gasteiger partial charge on any atom is -0.472 e. The number of amides is 1. The first-order valence-electron chi connectivity index (χ1n) is 17.7. The number of fused-ring (bicyclic) bond motifs is 1. The molecule has 0 saturated heterocycles. The number of aromatic nitrogens is 6. The predicted octanol–water partition coefficient (Wildman–Crippen LogP) is 9.65. The number of nitrogens with two attached hydrogens (primary N) is 1. The van der Waals surface area contributed by atoms with E-state index in [1.165, 1.54) is 0 Å². The van der Waals surface area contributed by atoms with Crippen LogP contribution in [0.15, 0.2) is 143 Å². The zero-order valence-electron chi connectivity index (χ0n) is 29.4. The molecule has 2 aromatic heterocycles. The van der Waals surface area contributed by atoms with E-state index in [1.807, 2.05) is 89.5 Å². The van der Waals surface area contributed by atoms with E-state index in [2.05, 4.69) is 64.2 Å². The summed E-state index contributed by atoms with van der Waals surface area (Å²) in [4.78, 5) is 19.1. The molecule has 2 aliphatic rings. The van der Waals surface area contributed by atoms with Crippen LogP contribution in [0.2, 0.25) is 5.15 Å². The van der Waals surface area contributed by atoms with Crippen molar-refractivity contribution in [3.8, 4) is 33.6 Å². The van der Waals surface area contributed by atoms with Gasteiger partial charge >= 0.3 is 0 Å². The van der Waals surface area contributed by atoms with Crippen molar-refractivity contribution in [3.05, 3.63) is 177 Å². The van der Waals surface area contributed by atoms with Gasteiger partial charge in [-0.05, 0) is 67.0 Å². The van der Waals surface area contributed by atoms with Crippen molar-refractivity contribution in [1.82, 2.24) is 29.8 Å². The summed E-state index contributed by atoms with van der Waals surface area (Å²) in [5.41, 5.74) is 13.4. The van der Waals surface area contributed by atoms with Crippen molar-refractivity contribution >= 4 is 33.4 Å². The Labute approximate surface area is 325 Å². The Kier molecular flexibility index (Phi) is 9.70. The lowest BCUT2D eigenvalue weighted by Gasteiger charge is -2.34. The first-order chi connectivity index (χ1) is 26.4. The molecule has 1 aliphatic carbocycles. The number of nitrogens with zero attached hydrogens (tertiary/aromatic N) is 6. The smallest absolute Gasteiger partial charge is 0.268 e. The van der Waals surface area contributed by atoms with E-state index in [1.54, 1.807) is 17.3 Å². The molecule has 0 atom stereocenters. The number of carbonyl (C=O) groups is 1. The number of hydrogen-bond acceptors (Lipinski definition) is 6. The van der Waals surface area contributed by atoms with Crippen molar-refractivity contribution in [2.75, 3.05) is 0 Å². The monoisotopic (exact) mass is 795 g/mol. The van der Waals surface area contributed by atoms with E-state index < -0.39 is 11.4 Å². The molecule has 0 saturated carbocycles. The molecular formula is C43H35BrClN7O2. The van der Waals surface area contributed by atoms with Gasteiger partial charge in [-0.15, -0.1) is 15.0 Å². The Hall–Kier alpha value is -5.84. The number of primary amides is 1. The maximum atomic E-state index is 12.8. The Bertz CT molecular complexity index is 2430. The van der Waals surface area contributed by atoms with Crippen LogP contribution >= 0.6 is 27.5 Å². The summed E-state index contributed by atoms with van der Waals surface area (Å²) in [6.07, 6.45) is 5.83. The summed E-state index contributed by atoms with van der Waals surface area (Å²) in [6.45, 7) is 2.39. The molecule has 0 spiro atoms. The molecule has 54 heavy (non-hydrogen) atoms. The van der Waals surface area contributed by atoms with Crippen molar-refractivity contribution in [2.24, 2.45) is 5.73 Å². The zero-order valence-corrected chi connectivity index (χ0v) is 31.7. The molecule has 8 rings (SSSR count). The van der Waals surface area contributed by atoms with Crippen LogP contribution in [-0.4, -0.2) is 35.7 Å². The fourth-order valence-corrected chi connectivity index (χ4v) is 8.50. The predicted molar refractivity (Wildman–Crippen MR) is 213 cm³/mol. The van der Waals surface area contributed by atoms with Gasteiger partial charge in [0.15, 0.2) is 10.7 Å². The third kappa shape index (κ3) is 6.01. The van der Waals surface area contributed by atoms with Crippen LogP contribution in [0, 0.1) is 0 Å². The number of carbonyl (C=O) groups excluding carboxylic acids is 1. The zero-order chi connectivity index (χ0) is 37.2. The highest BCUT2D eigenvalue weighted by Gasteiger charge is 2.41. The standard InChI is InChI=1S/C43H35BrClN7O2/c1-2-3-23-36-47-40(45)39(41(46)53)51(36)26-34-31-24-25-54-27-35(31)38(44)37(34)32-21-13-14-22-33(32)42-48-50-52(49-42)43(28-15-7-4-8-16-28,29-17-9-5-10-18-29)30-19-11-6-12-20-30/h4-22,24-25,27H,2-3,23,26H2,1H3,(H2,46,53). The Balaban J connectivity index is 1.34. The second-order valence-corrected chi connectivity index (χ2v) is 14.2. The number of hydrogen-bond donors (Lipinski definition) is 1. The third-order valence-corrected chi connectivity index (χ3v) is 11.0. The lowest BCUT2D eigenvalue weighted by atomic mass is 9.77. The summed E-state index contributed by atoms with van der Waals surface area (Å²) in [5, 5.41) is 14.9. The van der Waals surface area contributed by atoms with Gasteiger partial charge in [0.2, 0.25) is 5.82 Å². The highest BCUT2D eigenvalue weighted by Crippen LogP contribution is 2.49. The summed E-state index contributed by atoms with van der Waals surface area (Å²) < 4.78 is 8.34. The van der Waals surface area contributed by atoms with E-state index in [9.17, 15) is 4.79 Å². The molecule has 3 heterocycles. The fraction of sp³-hybridized carbons (Fsp3) is 0.140. The minimum atomic E-state index is -0.938. The van der Waals surface area contributed by atoms with Gasteiger partial charge in [-0.2, -0.15) is 0 Å². The number of tetrazole rings is 1. The van der Waals surface area contributed by atoms with Crippen LogP contribution in [0.4, 0.5) is 0 Å². The molecule has 1 amide bonds. The summed E-state index contributed by atoms with van der Waals surface area (Å²) in [7, 11) is 0. The van der Waals surface area contributed by atoms with Crippen LogP contribution in [0.3, 0.4) is 0 Å². The van der Waals surface area contributed by atoms with E-state index >= 15 is 0 Å². The van der Waals surface area contributed by atoms with Crippen LogP contribution in [0.5, 0.6) is 0 Å². The van der Waals surface area contributed by atoms with Crippen molar-refractivity contribution in [1.29, 1.82) is 0 Å². The fourth-order valence-electron chi connectivity index (χ4n) is 7.45. The molecule has 1 aliphatic heterocycles. The van der Waals surface area contributed by atoms with Gasteiger partial charge in [0.25, 0.3) is 5.91 Å². The van der Waals surface area contributed by atoms with E-state index in [4.69, 9.17) is 37.2 Å². The lowest BCUT2D eigenvalue weighted by Crippen LogP contribution is -2.39. The largest absolute Gasteiger partial charge is 0.472 e. The molecule has 268 valence electrons. The van der Waals surface area contributed by atoms with Crippen LogP contribution in [0.1, 0.15) is 58.3 Å². The second kappa shape index (κ2) is 14.9. The molecule has 4 aromatic carbocycles. The molecule has 0 bridgehead atoms. The number of rotatable bonds is 12. The molecule has 0 unspecified atom stereocenters. The normalized spacial score (nSPS) is 11.7. The summed E-state index contributed by atoms with van der Waals surface area (Å²) in [5.74, 6) is 0.504. The molecule has 9 nitrogen and oxygen atoms in total. The van der Waals surface area contributed by atoms with E-state index in [0.29, 0.717) is 18.1 Å². The van der Waals surface area contributed by atoms with Gasteiger partial charge in [0, 0.05) is 27.6 Å². The molecule has 11 heteroatoms. The topological polar surface area (TPSA) is 118 Å². The van der Waals surface area contributed by atoms with Gasteiger partial charge in [0.1, 0.15) is 11.5 Å². The summed E-state index contributed by atoms with van der Waals surface area (Å²) >= 11 is 10.5. The van der Waals surface area contributed by atoms with Crippen molar-refractivity contribution in [3.63, 3.8) is 0 Å². The van der Waals surface area contributed by atoms with Gasteiger partial charge in [-0.1, -0.05) is 140 Å². The first-order valence-corrected chi connectivity index (χ1v) is 18.9. The van der Waals surface area contributed by atoms with E-state index in [-0.39, 0.29) is 17.4 Å². The average Bonchev–Trinajstić information content (AvgIpc) is 3.90. The quantitative estimate of drug-likeness (QED) is 0.123. The lowest BCUT2D eigenvalue weighted by molar-refractivity contribution is 0.0991. The van der Waals surface area contributed by atoms with Gasteiger partial charge in [-0.25, -0.2) is 4.98 Å². The number of imidazole rings is 1. The Morgan fingerprint density at radius 1 is 0.815 bits per heavy atom. The van der Waals surface area contributed by atoms with Crippen molar-refractivity contribution < 1.29 is 9.21 Å². The number of aryl methyl sites for hydroxylation is 1. The molecule has 0 radical (unpaired) electrons. The van der Waals surface area contributed by atoms with Crippen molar-refractivity contribution in [2.45, 2.75) is 38.3 Å². The van der Waals surface area contributed by atoms with Crippen LogP contribution in [0.25, 0.3) is 33.6 Å². The highest BCUT2D eigenvalue weighted by molar-refractivity contribution is 9.10. The van der Waals surface area contributed by atoms with Crippen LogP contribution in [-0.2, 0) is 18.5 Å². The van der Waals surface area contributed by atoms with E-state index in [0.717, 1.165) is 67.4 Å². The maximum absolute atomic E-state index is 12.8. The highest BCUT2D eigenvalue weighted by atomic mass is 79.9. The van der Waals surface area contributed by atoms with Gasteiger partial charge in [-0.3, -0.25) is 4.79 Å². The molecule has 0 fully saturated rings. The first kappa shape index (κ1) is 35.2. The SMILES string of the molecule is CCCCc1nc(Cl)c(C(N)=O)n1Cc1c2ccocc-2c(Br)c1-c1ccccc1-c1nnn(C(c2ccccc2)(c2ccccc2)c2ccccc2)n1.